The molecule has 0 saturated carbocycles. The number of hydrogen-bond acceptors (Lipinski definition) is 2. The molecule has 1 aliphatic rings. The van der Waals surface area contributed by atoms with Gasteiger partial charge < -0.3 is 5.32 Å². The molecule has 0 aliphatic carbocycles. The molecule has 1 aliphatic heterocycles. The predicted octanol–water partition coefficient (Wildman–Crippen LogP) is 2.82. The summed E-state index contributed by atoms with van der Waals surface area (Å²) in [5.74, 6) is 2.26. The fraction of sp³-hybridized carbons (Fsp3) is 0.643. The van der Waals surface area contributed by atoms with E-state index in [4.69, 9.17) is 0 Å². The minimum atomic E-state index is 0.706. The van der Waals surface area contributed by atoms with Crippen LogP contribution in [0.2, 0.25) is 0 Å². The van der Waals surface area contributed by atoms with E-state index in [-0.39, 0.29) is 0 Å². The number of nitrogens with zero attached hydrogens (tertiary/aromatic N) is 1. The SMILES string of the molecule is CC(C)CC1CNCCC1c1cccnc1. The summed E-state index contributed by atoms with van der Waals surface area (Å²) < 4.78 is 0. The molecule has 88 valence electrons. The number of pyridine rings is 1. The van der Waals surface area contributed by atoms with Crippen LogP contribution in [0.25, 0.3) is 0 Å². The topological polar surface area (TPSA) is 24.9 Å². The van der Waals surface area contributed by atoms with Gasteiger partial charge in [0.15, 0.2) is 0 Å². The quantitative estimate of drug-likeness (QED) is 0.844. The molecule has 0 spiro atoms. The Bertz CT molecular complexity index is 308. The summed E-state index contributed by atoms with van der Waals surface area (Å²) in [7, 11) is 0. The van der Waals surface area contributed by atoms with Gasteiger partial charge in [0.05, 0.1) is 0 Å². The number of nitrogens with one attached hydrogen (secondary N) is 1. The van der Waals surface area contributed by atoms with E-state index in [1.54, 1.807) is 0 Å². The summed E-state index contributed by atoms with van der Waals surface area (Å²) in [5, 5.41) is 3.52. The minimum absolute atomic E-state index is 0.706. The second kappa shape index (κ2) is 5.44. The first-order valence-corrected chi connectivity index (χ1v) is 6.38. The van der Waals surface area contributed by atoms with Gasteiger partial charge in [0, 0.05) is 12.4 Å². The largest absolute Gasteiger partial charge is 0.316 e. The first-order valence-electron chi connectivity index (χ1n) is 6.38. The van der Waals surface area contributed by atoms with E-state index in [1.165, 1.54) is 18.4 Å². The molecule has 0 amide bonds. The molecule has 0 bridgehead atoms. The molecule has 0 aromatic carbocycles. The van der Waals surface area contributed by atoms with Crippen molar-refractivity contribution in [2.24, 2.45) is 11.8 Å². The Hall–Kier alpha value is -0.890. The fourth-order valence-corrected chi connectivity index (χ4v) is 2.81. The minimum Gasteiger partial charge on any atom is -0.316 e. The van der Waals surface area contributed by atoms with Crippen molar-refractivity contribution in [3.63, 3.8) is 0 Å². The molecule has 2 unspecified atom stereocenters. The van der Waals surface area contributed by atoms with Gasteiger partial charge in [-0.3, -0.25) is 4.98 Å². The molecule has 2 rings (SSSR count). The molecule has 16 heavy (non-hydrogen) atoms. The van der Waals surface area contributed by atoms with Crippen LogP contribution in [0.1, 0.15) is 38.2 Å². The third-order valence-corrected chi connectivity index (χ3v) is 3.49. The third-order valence-electron chi connectivity index (χ3n) is 3.49. The lowest BCUT2D eigenvalue weighted by Gasteiger charge is -2.33. The Labute approximate surface area is 98.5 Å². The van der Waals surface area contributed by atoms with Crippen LogP contribution in [-0.2, 0) is 0 Å². The second-order valence-electron chi connectivity index (χ2n) is 5.28. The van der Waals surface area contributed by atoms with Gasteiger partial charge in [0.1, 0.15) is 0 Å². The van der Waals surface area contributed by atoms with Crippen LogP contribution in [-0.4, -0.2) is 18.1 Å². The number of rotatable bonds is 3. The Morgan fingerprint density at radius 1 is 1.50 bits per heavy atom. The summed E-state index contributed by atoms with van der Waals surface area (Å²) in [6.07, 6.45) is 6.47. The molecule has 2 heterocycles. The Kier molecular flexibility index (Phi) is 3.94. The third kappa shape index (κ3) is 2.82. The smallest absolute Gasteiger partial charge is 0.0302 e. The zero-order valence-electron chi connectivity index (χ0n) is 10.3. The molecule has 1 fully saturated rings. The fourth-order valence-electron chi connectivity index (χ4n) is 2.81. The molecule has 0 radical (unpaired) electrons. The zero-order chi connectivity index (χ0) is 11.4. The molecule has 1 aromatic heterocycles. The highest BCUT2D eigenvalue weighted by Crippen LogP contribution is 2.33. The molecule has 2 nitrogen and oxygen atoms in total. The van der Waals surface area contributed by atoms with Crippen LogP contribution in [0, 0.1) is 11.8 Å². The maximum atomic E-state index is 4.25. The normalized spacial score (nSPS) is 25.9. The van der Waals surface area contributed by atoms with Crippen LogP contribution >= 0.6 is 0 Å². The average Bonchev–Trinajstić information content (AvgIpc) is 2.30. The lowest BCUT2D eigenvalue weighted by molar-refractivity contribution is 0.280. The van der Waals surface area contributed by atoms with Crippen LogP contribution in [0.15, 0.2) is 24.5 Å². The highest BCUT2D eigenvalue weighted by atomic mass is 14.9. The van der Waals surface area contributed by atoms with E-state index in [9.17, 15) is 0 Å². The lowest BCUT2D eigenvalue weighted by atomic mass is 9.78. The van der Waals surface area contributed by atoms with Gasteiger partial charge in [-0.05, 0) is 55.3 Å². The molecular formula is C14H22N2. The van der Waals surface area contributed by atoms with Crippen molar-refractivity contribution in [3.8, 4) is 0 Å². The first kappa shape index (κ1) is 11.6. The van der Waals surface area contributed by atoms with Crippen LogP contribution in [0.4, 0.5) is 0 Å². The van der Waals surface area contributed by atoms with Gasteiger partial charge in [0.25, 0.3) is 0 Å². The standard InChI is InChI=1S/C14H22N2/c1-11(2)8-13-10-16-7-5-14(13)12-4-3-6-15-9-12/h3-4,6,9,11,13-14,16H,5,7-8,10H2,1-2H3. The first-order chi connectivity index (χ1) is 7.77. The monoisotopic (exact) mass is 218 g/mol. The molecular weight excluding hydrogens is 196 g/mol. The van der Waals surface area contributed by atoms with Gasteiger partial charge in [-0.25, -0.2) is 0 Å². The maximum absolute atomic E-state index is 4.25. The number of hydrogen-bond donors (Lipinski definition) is 1. The van der Waals surface area contributed by atoms with Crippen molar-refractivity contribution in [2.45, 2.75) is 32.6 Å². The van der Waals surface area contributed by atoms with E-state index in [0.717, 1.165) is 24.9 Å². The summed E-state index contributed by atoms with van der Waals surface area (Å²) in [4.78, 5) is 4.25. The summed E-state index contributed by atoms with van der Waals surface area (Å²) >= 11 is 0. The van der Waals surface area contributed by atoms with E-state index >= 15 is 0 Å². The Morgan fingerprint density at radius 2 is 2.38 bits per heavy atom. The Balaban J connectivity index is 2.10. The average molecular weight is 218 g/mol. The molecule has 1 saturated heterocycles. The number of piperidine rings is 1. The van der Waals surface area contributed by atoms with E-state index in [2.05, 4.69) is 36.3 Å². The highest BCUT2D eigenvalue weighted by Gasteiger charge is 2.26. The predicted molar refractivity (Wildman–Crippen MR) is 67.4 cm³/mol. The summed E-state index contributed by atoms with van der Waals surface area (Å²) in [6, 6.07) is 4.29. The summed E-state index contributed by atoms with van der Waals surface area (Å²) in [6.45, 7) is 6.94. The van der Waals surface area contributed by atoms with Crippen molar-refractivity contribution in [1.29, 1.82) is 0 Å². The van der Waals surface area contributed by atoms with Gasteiger partial charge in [-0.15, -0.1) is 0 Å². The van der Waals surface area contributed by atoms with Crippen molar-refractivity contribution in [3.05, 3.63) is 30.1 Å². The highest BCUT2D eigenvalue weighted by molar-refractivity contribution is 5.16. The lowest BCUT2D eigenvalue weighted by Crippen LogP contribution is -2.36. The van der Waals surface area contributed by atoms with Crippen molar-refractivity contribution in [1.82, 2.24) is 10.3 Å². The van der Waals surface area contributed by atoms with Crippen LogP contribution in [0.3, 0.4) is 0 Å². The zero-order valence-corrected chi connectivity index (χ0v) is 10.3. The van der Waals surface area contributed by atoms with Gasteiger partial charge in [0.2, 0.25) is 0 Å². The number of aromatic nitrogens is 1. The molecule has 1 N–H and O–H groups in total. The Morgan fingerprint density at radius 3 is 3.06 bits per heavy atom. The second-order valence-corrected chi connectivity index (χ2v) is 5.28. The van der Waals surface area contributed by atoms with E-state index < -0.39 is 0 Å². The van der Waals surface area contributed by atoms with Crippen molar-refractivity contribution >= 4 is 0 Å². The van der Waals surface area contributed by atoms with Gasteiger partial charge in [-0.1, -0.05) is 19.9 Å². The van der Waals surface area contributed by atoms with Crippen LogP contribution in [0.5, 0.6) is 0 Å². The van der Waals surface area contributed by atoms with Crippen molar-refractivity contribution < 1.29 is 0 Å². The van der Waals surface area contributed by atoms with Gasteiger partial charge in [-0.2, -0.15) is 0 Å². The van der Waals surface area contributed by atoms with Crippen molar-refractivity contribution in [2.75, 3.05) is 13.1 Å². The van der Waals surface area contributed by atoms with Crippen LogP contribution < -0.4 is 5.32 Å². The molecule has 2 atom stereocenters. The molecule has 2 heteroatoms. The van der Waals surface area contributed by atoms with Gasteiger partial charge >= 0.3 is 0 Å². The summed E-state index contributed by atoms with van der Waals surface area (Å²) in [5.41, 5.74) is 1.43. The van der Waals surface area contributed by atoms with E-state index in [0.29, 0.717) is 5.92 Å². The maximum Gasteiger partial charge on any atom is 0.0302 e. The van der Waals surface area contributed by atoms with E-state index in [1.807, 2.05) is 12.4 Å². The molecule has 1 aromatic rings.